The fraction of sp³-hybridized carbons (Fsp3) is 0.545. The van der Waals surface area contributed by atoms with Crippen molar-refractivity contribution >= 4 is 40.4 Å². The van der Waals surface area contributed by atoms with Gasteiger partial charge >= 0.3 is 0 Å². The number of aromatic nitrogens is 2. The Hall–Kier alpha value is -2.19. The first-order valence-electron chi connectivity index (χ1n) is 11.0. The molecule has 0 saturated heterocycles. The minimum atomic E-state index is -0.489. The van der Waals surface area contributed by atoms with Gasteiger partial charge in [0.1, 0.15) is 15.9 Å². The van der Waals surface area contributed by atoms with Crippen molar-refractivity contribution in [1.82, 2.24) is 20.6 Å². The van der Waals surface area contributed by atoms with Crippen molar-refractivity contribution in [1.29, 1.82) is 0 Å². The smallest absolute Gasteiger partial charge is 0.263 e. The molecule has 0 bridgehead atoms. The molecule has 4 rings (SSSR count). The maximum atomic E-state index is 12.9. The van der Waals surface area contributed by atoms with Crippen LogP contribution < -0.4 is 16.0 Å². The van der Waals surface area contributed by atoms with E-state index in [-0.39, 0.29) is 17.9 Å². The molecule has 2 fully saturated rings. The fourth-order valence-electron chi connectivity index (χ4n) is 3.93. The predicted octanol–water partition coefficient (Wildman–Crippen LogP) is 4.15. The molecule has 31 heavy (non-hydrogen) atoms. The molecular weight excluding hydrogens is 434 g/mol. The second kappa shape index (κ2) is 10.4. The minimum Gasteiger partial charge on any atom is -0.377 e. The van der Waals surface area contributed by atoms with E-state index < -0.39 is 6.04 Å². The van der Waals surface area contributed by atoms with Gasteiger partial charge in [-0.15, -0.1) is 11.3 Å². The number of hydrogen-bond acceptors (Lipinski definition) is 6. The molecule has 9 heteroatoms. The molecular formula is C22H28ClN5O2S. The van der Waals surface area contributed by atoms with Crippen LogP contribution in [0.3, 0.4) is 0 Å². The number of nitrogens with zero attached hydrogens (tertiary/aromatic N) is 2. The molecule has 2 saturated carbocycles. The number of carbonyl (C=O) groups excluding carboxylic acids is 2. The Balaban J connectivity index is 1.35. The van der Waals surface area contributed by atoms with Crippen LogP contribution in [0.15, 0.2) is 24.7 Å². The summed E-state index contributed by atoms with van der Waals surface area (Å²) in [6, 6.07) is 1.57. The molecule has 3 N–H and O–H groups in total. The monoisotopic (exact) mass is 461 g/mol. The molecule has 166 valence electrons. The number of anilines is 1. The van der Waals surface area contributed by atoms with Crippen molar-refractivity contribution in [3.8, 4) is 0 Å². The topological polar surface area (TPSA) is 96.0 Å². The molecule has 2 aromatic rings. The third-order valence-corrected chi connectivity index (χ3v) is 6.97. The van der Waals surface area contributed by atoms with Gasteiger partial charge in [0.05, 0.1) is 29.6 Å². The zero-order valence-electron chi connectivity index (χ0n) is 17.4. The van der Waals surface area contributed by atoms with Crippen molar-refractivity contribution in [2.45, 2.75) is 70.0 Å². The number of hydrogen-bond donors (Lipinski definition) is 3. The maximum Gasteiger partial charge on any atom is 0.263 e. The first-order chi connectivity index (χ1) is 15.1. The zero-order valence-corrected chi connectivity index (χ0v) is 19.0. The quantitative estimate of drug-likeness (QED) is 0.521. The van der Waals surface area contributed by atoms with E-state index in [1.165, 1.54) is 30.6 Å². The van der Waals surface area contributed by atoms with Crippen molar-refractivity contribution in [2.24, 2.45) is 5.92 Å². The lowest BCUT2D eigenvalue weighted by Crippen LogP contribution is -2.48. The molecule has 1 atom stereocenters. The number of nitrogens with one attached hydrogen (secondary N) is 3. The average Bonchev–Trinajstić information content (AvgIpc) is 3.45. The highest BCUT2D eigenvalue weighted by molar-refractivity contribution is 7.13. The minimum absolute atomic E-state index is 0.0544. The zero-order chi connectivity index (χ0) is 21.6. The van der Waals surface area contributed by atoms with Crippen molar-refractivity contribution in [3.63, 3.8) is 0 Å². The summed E-state index contributed by atoms with van der Waals surface area (Å²) in [6.45, 7) is 0.466. The lowest BCUT2D eigenvalue weighted by atomic mass is 9.84. The highest BCUT2D eigenvalue weighted by atomic mass is 35.5. The van der Waals surface area contributed by atoms with E-state index in [2.05, 4.69) is 25.9 Å². The Morgan fingerprint density at radius 2 is 1.94 bits per heavy atom. The van der Waals surface area contributed by atoms with Crippen molar-refractivity contribution in [2.75, 3.05) is 5.32 Å². The summed E-state index contributed by atoms with van der Waals surface area (Å²) in [6.07, 6.45) is 13.6. The van der Waals surface area contributed by atoms with Crippen LogP contribution in [-0.2, 0) is 11.3 Å². The molecule has 0 aromatic carbocycles. The number of rotatable bonds is 9. The van der Waals surface area contributed by atoms with E-state index in [4.69, 9.17) is 11.6 Å². The molecule has 0 aliphatic heterocycles. The summed E-state index contributed by atoms with van der Waals surface area (Å²) in [5.74, 6) is 0.206. The normalized spacial score (nSPS) is 17.7. The highest BCUT2D eigenvalue weighted by Gasteiger charge is 2.31. The van der Waals surface area contributed by atoms with E-state index in [1.54, 1.807) is 24.7 Å². The standard InChI is InChI=1S/C22H28ClN5O2S/c23-15-9-17(11-24-10-15)25-13-20-26-12-19(31-20)22(30)28-18(21(29)27-16-6-7-16)8-14-4-2-1-3-5-14/h9-12,14,16,18,25H,1-8,13H2,(H,27,29)(H,28,30)/t18-/m0/s1. The maximum absolute atomic E-state index is 12.9. The summed E-state index contributed by atoms with van der Waals surface area (Å²) in [7, 11) is 0. The third kappa shape index (κ3) is 6.64. The van der Waals surface area contributed by atoms with Crippen LogP contribution in [0.2, 0.25) is 5.02 Å². The van der Waals surface area contributed by atoms with Crippen LogP contribution in [0.5, 0.6) is 0 Å². The van der Waals surface area contributed by atoms with Gasteiger partial charge in [0.25, 0.3) is 5.91 Å². The lowest BCUT2D eigenvalue weighted by molar-refractivity contribution is -0.123. The SMILES string of the molecule is O=C(N[C@@H](CC1CCCCC1)C(=O)NC1CC1)c1cnc(CNc2cncc(Cl)c2)s1. The first-order valence-corrected chi connectivity index (χ1v) is 12.2. The number of pyridine rings is 1. The molecule has 0 spiro atoms. The summed E-state index contributed by atoms with van der Waals surface area (Å²) in [4.78, 5) is 34.5. The number of halogens is 1. The Morgan fingerprint density at radius 1 is 1.13 bits per heavy atom. The van der Waals surface area contributed by atoms with Crippen LogP contribution in [0.1, 0.15) is 66.0 Å². The molecule has 2 aliphatic carbocycles. The van der Waals surface area contributed by atoms with Crippen molar-refractivity contribution < 1.29 is 9.59 Å². The van der Waals surface area contributed by atoms with Gasteiger partial charge in [0.15, 0.2) is 0 Å². The first kappa shape index (κ1) is 22.0. The van der Waals surface area contributed by atoms with E-state index in [9.17, 15) is 9.59 Å². The number of carbonyl (C=O) groups is 2. The molecule has 2 heterocycles. The van der Waals surface area contributed by atoms with Gasteiger partial charge in [-0.25, -0.2) is 4.98 Å². The van der Waals surface area contributed by atoms with Gasteiger partial charge in [0.2, 0.25) is 5.91 Å². The van der Waals surface area contributed by atoms with Crippen LogP contribution in [-0.4, -0.2) is 33.9 Å². The number of amides is 2. The third-order valence-electron chi connectivity index (χ3n) is 5.77. The fourth-order valence-corrected chi connectivity index (χ4v) is 4.86. The largest absolute Gasteiger partial charge is 0.377 e. The summed E-state index contributed by atoms with van der Waals surface area (Å²) >= 11 is 7.27. The van der Waals surface area contributed by atoms with Gasteiger partial charge in [-0.3, -0.25) is 14.6 Å². The van der Waals surface area contributed by atoms with Gasteiger partial charge in [-0.1, -0.05) is 43.7 Å². The molecule has 0 radical (unpaired) electrons. The van der Waals surface area contributed by atoms with Gasteiger partial charge < -0.3 is 16.0 Å². The average molecular weight is 462 g/mol. The van der Waals surface area contributed by atoms with Gasteiger partial charge in [-0.05, 0) is 31.2 Å². The van der Waals surface area contributed by atoms with Crippen LogP contribution in [0, 0.1) is 5.92 Å². The van der Waals surface area contributed by atoms with E-state index in [0.717, 1.165) is 36.4 Å². The second-order valence-corrected chi connectivity index (χ2v) is 9.96. The van der Waals surface area contributed by atoms with Crippen molar-refractivity contribution in [3.05, 3.63) is 39.6 Å². The summed E-state index contributed by atoms with van der Waals surface area (Å²) in [5.41, 5.74) is 0.790. The Bertz CT molecular complexity index is 911. The summed E-state index contributed by atoms with van der Waals surface area (Å²) < 4.78 is 0. The van der Waals surface area contributed by atoms with Gasteiger partial charge in [-0.2, -0.15) is 0 Å². The van der Waals surface area contributed by atoms with E-state index in [0.29, 0.717) is 28.8 Å². The van der Waals surface area contributed by atoms with Crippen LogP contribution in [0.25, 0.3) is 0 Å². The second-order valence-electron chi connectivity index (χ2n) is 8.41. The van der Waals surface area contributed by atoms with E-state index in [1.807, 2.05) is 0 Å². The van der Waals surface area contributed by atoms with Crippen LogP contribution >= 0.6 is 22.9 Å². The molecule has 2 aliphatic rings. The Morgan fingerprint density at radius 3 is 2.68 bits per heavy atom. The Kier molecular flexibility index (Phi) is 7.40. The predicted molar refractivity (Wildman–Crippen MR) is 122 cm³/mol. The molecule has 2 amide bonds. The van der Waals surface area contributed by atoms with Crippen LogP contribution in [0.4, 0.5) is 5.69 Å². The molecule has 2 aromatic heterocycles. The van der Waals surface area contributed by atoms with Gasteiger partial charge in [0, 0.05) is 12.2 Å². The molecule has 7 nitrogen and oxygen atoms in total. The number of thiazole rings is 1. The highest BCUT2D eigenvalue weighted by Crippen LogP contribution is 2.28. The van der Waals surface area contributed by atoms with E-state index >= 15 is 0 Å². The lowest BCUT2D eigenvalue weighted by Gasteiger charge is -2.26. The molecule has 0 unspecified atom stereocenters. The summed E-state index contributed by atoms with van der Waals surface area (Å²) in [5, 5.41) is 10.6. The Labute approximate surface area is 191 Å².